The molecule has 1 aromatic heterocycles. The third kappa shape index (κ3) is 2.16. The molecule has 4 rings (SSSR count). The molecular weight excluding hydrogens is 288 g/mol. The van der Waals surface area contributed by atoms with E-state index < -0.39 is 0 Å². The number of para-hydroxylation sites is 1. The monoisotopic (exact) mass is 306 g/mol. The zero-order chi connectivity index (χ0) is 16.0. The van der Waals surface area contributed by atoms with Gasteiger partial charge in [-0.25, -0.2) is 0 Å². The van der Waals surface area contributed by atoms with Crippen molar-refractivity contribution in [2.75, 3.05) is 24.3 Å². The van der Waals surface area contributed by atoms with Gasteiger partial charge in [0.05, 0.1) is 5.69 Å². The van der Waals surface area contributed by atoms with Crippen LogP contribution in [0.2, 0.25) is 0 Å². The van der Waals surface area contributed by atoms with Gasteiger partial charge in [0.25, 0.3) is 0 Å². The van der Waals surface area contributed by atoms with Gasteiger partial charge in [-0.05, 0) is 17.2 Å². The number of hydrogen-bond acceptors (Lipinski definition) is 3. The maximum atomic E-state index is 12.1. The summed E-state index contributed by atoms with van der Waals surface area (Å²) in [5.41, 5.74) is 5.49. The predicted octanol–water partition coefficient (Wildman–Crippen LogP) is 2.90. The Balaban J connectivity index is 1.88. The zero-order valence-corrected chi connectivity index (χ0v) is 13.1. The Morgan fingerprint density at radius 2 is 2.04 bits per heavy atom. The van der Waals surface area contributed by atoms with E-state index in [1.165, 1.54) is 0 Å². The van der Waals surface area contributed by atoms with Crippen LogP contribution >= 0.6 is 0 Å². The summed E-state index contributed by atoms with van der Waals surface area (Å²) in [5, 5.41) is 10.3. The van der Waals surface area contributed by atoms with Crippen molar-refractivity contribution in [1.29, 1.82) is 0 Å². The molecule has 1 aliphatic heterocycles. The number of nitrogens with one attached hydrogen (secondary N) is 2. The zero-order valence-electron chi connectivity index (χ0n) is 13.1. The Morgan fingerprint density at radius 1 is 1.26 bits per heavy atom. The molecule has 116 valence electrons. The predicted molar refractivity (Wildman–Crippen MR) is 91.6 cm³/mol. The first-order valence-corrected chi connectivity index (χ1v) is 7.68. The first kappa shape index (κ1) is 13.8. The molecular formula is C18H18N4O. The Morgan fingerprint density at radius 3 is 2.74 bits per heavy atom. The Hall–Kier alpha value is -2.82. The summed E-state index contributed by atoms with van der Waals surface area (Å²) in [4.78, 5) is 14.2. The highest BCUT2D eigenvalue weighted by Crippen LogP contribution is 2.43. The second kappa shape index (κ2) is 5.12. The van der Waals surface area contributed by atoms with Crippen molar-refractivity contribution in [3.8, 4) is 0 Å². The average Bonchev–Trinajstić information content (AvgIpc) is 2.88. The van der Waals surface area contributed by atoms with Gasteiger partial charge in [-0.3, -0.25) is 9.89 Å². The van der Waals surface area contributed by atoms with Crippen molar-refractivity contribution in [2.45, 2.75) is 12.3 Å². The quantitative estimate of drug-likeness (QED) is 0.916. The molecule has 2 aliphatic rings. The fraction of sp³-hybridized carbons (Fsp3) is 0.222. The van der Waals surface area contributed by atoms with Gasteiger partial charge < -0.3 is 10.2 Å². The van der Waals surface area contributed by atoms with Crippen LogP contribution < -0.4 is 10.2 Å². The summed E-state index contributed by atoms with van der Waals surface area (Å²) in [5.74, 6) is 0.657. The summed E-state index contributed by atoms with van der Waals surface area (Å²) in [6.07, 6.45) is 6.55. The van der Waals surface area contributed by atoms with Gasteiger partial charge in [0.1, 0.15) is 0 Å². The molecule has 0 fully saturated rings. The maximum Gasteiger partial charge on any atom is 0.226 e. The summed E-state index contributed by atoms with van der Waals surface area (Å²) >= 11 is 0. The molecule has 2 aromatic rings. The minimum absolute atomic E-state index is 0.000926. The van der Waals surface area contributed by atoms with Gasteiger partial charge in [0, 0.05) is 37.7 Å². The van der Waals surface area contributed by atoms with E-state index in [0.29, 0.717) is 12.2 Å². The van der Waals surface area contributed by atoms with Crippen LogP contribution in [0.15, 0.2) is 42.5 Å². The molecule has 1 atom stereocenters. The van der Waals surface area contributed by atoms with E-state index >= 15 is 0 Å². The van der Waals surface area contributed by atoms with Crippen molar-refractivity contribution >= 4 is 23.0 Å². The molecule has 2 heterocycles. The summed E-state index contributed by atoms with van der Waals surface area (Å²) in [6, 6.07) is 8.24. The SMILES string of the molecule is CN(C)c1ccccc1C1CC(=O)Nc2n[nH]c(C3=CC=C3)c21. The number of aromatic amines is 1. The highest BCUT2D eigenvalue weighted by Gasteiger charge is 2.33. The van der Waals surface area contributed by atoms with Crippen LogP contribution in [0.3, 0.4) is 0 Å². The van der Waals surface area contributed by atoms with Crippen LogP contribution in [-0.4, -0.2) is 30.2 Å². The number of carbonyl (C=O) groups excluding carboxylic acids is 1. The average molecular weight is 306 g/mol. The number of aromatic nitrogens is 2. The lowest BCUT2D eigenvalue weighted by molar-refractivity contribution is -0.116. The lowest BCUT2D eigenvalue weighted by Gasteiger charge is -2.28. The minimum Gasteiger partial charge on any atom is -0.377 e. The second-order valence-electron chi connectivity index (χ2n) is 6.10. The second-order valence-corrected chi connectivity index (χ2v) is 6.10. The largest absolute Gasteiger partial charge is 0.377 e. The van der Waals surface area contributed by atoms with E-state index in [1.807, 2.05) is 32.3 Å². The molecule has 2 N–H and O–H groups in total. The number of allylic oxidation sites excluding steroid dienone is 4. The number of carbonyl (C=O) groups is 1. The van der Waals surface area contributed by atoms with Crippen LogP contribution in [0.4, 0.5) is 11.5 Å². The number of rotatable bonds is 3. The maximum absolute atomic E-state index is 12.1. The van der Waals surface area contributed by atoms with Crippen LogP contribution in [0.1, 0.15) is 29.2 Å². The van der Waals surface area contributed by atoms with E-state index in [1.54, 1.807) is 0 Å². The molecule has 0 saturated heterocycles. The van der Waals surface area contributed by atoms with Crippen molar-refractivity contribution in [3.05, 3.63) is 59.3 Å². The molecule has 0 bridgehead atoms. The van der Waals surface area contributed by atoms with Crippen LogP contribution in [-0.2, 0) is 4.79 Å². The van der Waals surface area contributed by atoms with E-state index in [4.69, 9.17) is 0 Å². The van der Waals surface area contributed by atoms with E-state index in [9.17, 15) is 4.79 Å². The summed E-state index contributed by atoms with van der Waals surface area (Å²) in [7, 11) is 4.05. The van der Waals surface area contributed by atoms with Gasteiger partial charge in [0.15, 0.2) is 5.82 Å². The van der Waals surface area contributed by atoms with Crippen LogP contribution in [0.25, 0.3) is 5.57 Å². The normalized spacial score (nSPS) is 18.8. The number of H-pyrrole nitrogens is 1. The third-order valence-electron chi connectivity index (χ3n) is 4.43. The van der Waals surface area contributed by atoms with Crippen molar-refractivity contribution in [2.24, 2.45) is 0 Å². The number of benzene rings is 1. The summed E-state index contributed by atoms with van der Waals surface area (Å²) < 4.78 is 0. The first-order valence-electron chi connectivity index (χ1n) is 7.68. The fourth-order valence-corrected chi connectivity index (χ4v) is 3.29. The molecule has 1 aromatic carbocycles. The van der Waals surface area contributed by atoms with Gasteiger partial charge in [-0.2, -0.15) is 5.10 Å². The number of hydrogen-bond donors (Lipinski definition) is 2. The van der Waals surface area contributed by atoms with Crippen molar-refractivity contribution < 1.29 is 4.79 Å². The number of anilines is 2. The van der Waals surface area contributed by atoms with Gasteiger partial charge in [0.2, 0.25) is 5.91 Å². The molecule has 5 heteroatoms. The Labute approximate surface area is 134 Å². The molecule has 5 nitrogen and oxygen atoms in total. The minimum atomic E-state index is 0.000926. The molecule has 1 unspecified atom stereocenters. The first-order chi connectivity index (χ1) is 11.1. The van der Waals surface area contributed by atoms with Crippen molar-refractivity contribution in [3.63, 3.8) is 0 Å². The number of nitrogens with zero attached hydrogens (tertiary/aromatic N) is 2. The standard InChI is InChI=1S/C18H18N4O/c1-22(2)14-9-4-3-8-12(14)13-10-15(23)19-18-16(13)17(20-21-18)11-6-5-7-11/h3-9,13H,10H2,1-2H3,(H2,19,20,21,23). The molecule has 23 heavy (non-hydrogen) atoms. The van der Waals surface area contributed by atoms with Crippen LogP contribution in [0.5, 0.6) is 0 Å². The van der Waals surface area contributed by atoms with E-state index in [0.717, 1.165) is 28.1 Å². The topological polar surface area (TPSA) is 61.0 Å². The smallest absolute Gasteiger partial charge is 0.226 e. The van der Waals surface area contributed by atoms with Gasteiger partial charge in [-0.1, -0.05) is 36.4 Å². The third-order valence-corrected chi connectivity index (χ3v) is 4.43. The fourth-order valence-electron chi connectivity index (χ4n) is 3.29. The number of amides is 1. The van der Waals surface area contributed by atoms with Crippen molar-refractivity contribution in [1.82, 2.24) is 10.2 Å². The summed E-state index contributed by atoms with van der Waals surface area (Å²) in [6.45, 7) is 0. The Kier molecular flexibility index (Phi) is 3.08. The van der Waals surface area contributed by atoms with Gasteiger partial charge in [-0.15, -0.1) is 0 Å². The highest BCUT2D eigenvalue weighted by atomic mass is 16.1. The highest BCUT2D eigenvalue weighted by molar-refractivity contribution is 5.96. The number of fused-ring (bicyclic) bond motifs is 1. The molecule has 1 aliphatic carbocycles. The van der Waals surface area contributed by atoms with E-state index in [-0.39, 0.29) is 11.8 Å². The van der Waals surface area contributed by atoms with E-state index in [2.05, 4.69) is 44.7 Å². The molecule has 0 saturated carbocycles. The Bertz CT molecular complexity index is 844. The molecule has 0 spiro atoms. The molecule has 1 amide bonds. The lowest BCUT2D eigenvalue weighted by Crippen LogP contribution is -2.25. The van der Waals surface area contributed by atoms with Crippen LogP contribution in [0, 0.1) is 0 Å². The molecule has 0 radical (unpaired) electrons. The van der Waals surface area contributed by atoms with Gasteiger partial charge >= 0.3 is 0 Å². The lowest BCUT2D eigenvalue weighted by atomic mass is 9.82.